The lowest BCUT2D eigenvalue weighted by Crippen LogP contribution is -2.12. The molecule has 3 aromatic rings. The van der Waals surface area contributed by atoms with E-state index in [1.54, 1.807) is 18.7 Å². The van der Waals surface area contributed by atoms with Crippen LogP contribution in [-0.2, 0) is 11.2 Å². The number of aromatic nitrogens is 4. The normalized spacial score (nSPS) is 10.6. The first-order valence-corrected chi connectivity index (χ1v) is 6.28. The third kappa shape index (κ3) is 2.80. The summed E-state index contributed by atoms with van der Waals surface area (Å²) in [5.74, 6) is -0.0345. The van der Waals surface area contributed by atoms with Crippen LogP contribution in [-0.4, -0.2) is 25.8 Å². The number of amides is 1. The van der Waals surface area contributed by atoms with E-state index in [1.165, 1.54) is 6.33 Å². The number of H-pyrrole nitrogens is 1. The Morgan fingerprint density at radius 1 is 1.25 bits per heavy atom. The fourth-order valence-electron chi connectivity index (χ4n) is 1.95. The molecule has 0 atom stereocenters. The van der Waals surface area contributed by atoms with Crippen molar-refractivity contribution in [3.8, 4) is 0 Å². The van der Waals surface area contributed by atoms with Gasteiger partial charge in [-0.3, -0.25) is 4.79 Å². The predicted molar refractivity (Wildman–Crippen MR) is 75.1 cm³/mol. The Hall–Kier alpha value is -2.76. The van der Waals surface area contributed by atoms with E-state index >= 15 is 0 Å². The molecule has 0 aliphatic heterocycles. The minimum Gasteiger partial charge on any atom is -0.345 e. The lowest BCUT2D eigenvalue weighted by Gasteiger charge is -2.05. The Bertz CT molecular complexity index is 723. The molecule has 6 heteroatoms. The SMILES string of the molecule is O=C(CCc1cncnc1)Nc1ccc2nc[nH]c2c1. The third-order valence-electron chi connectivity index (χ3n) is 2.96. The van der Waals surface area contributed by atoms with E-state index in [0.717, 1.165) is 22.3 Å². The van der Waals surface area contributed by atoms with Crippen molar-refractivity contribution < 1.29 is 4.79 Å². The van der Waals surface area contributed by atoms with E-state index in [4.69, 9.17) is 0 Å². The zero-order valence-electron chi connectivity index (χ0n) is 10.7. The molecular weight excluding hydrogens is 254 g/mol. The van der Waals surface area contributed by atoms with Crippen molar-refractivity contribution in [3.63, 3.8) is 0 Å². The molecule has 0 aliphatic carbocycles. The molecule has 3 rings (SSSR count). The molecule has 0 bridgehead atoms. The van der Waals surface area contributed by atoms with Crippen molar-refractivity contribution in [2.75, 3.05) is 5.32 Å². The van der Waals surface area contributed by atoms with E-state index in [0.29, 0.717) is 12.8 Å². The number of aryl methyl sites for hydroxylation is 1. The van der Waals surface area contributed by atoms with Crippen LogP contribution in [0.2, 0.25) is 0 Å². The number of aromatic amines is 1. The van der Waals surface area contributed by atoms with Crippen LogP contribution >= 0.6 is 0 Å². The van der Waals surface area contributed by atoms with Crippen LogP contribution in [0.25, 0.3) is 11.0 Å². The topological polar surface area (TPSA) is 83.6 Å². The summed E-state index contributed by atoms with van der Waals surface area (Å²) in [6.45, 7) is 0. The molecule has 0 unspecified atom stereocenters. The molecular formula is C14H13N5O. The quantitative estimate of drug-likeness (QED) is 0.756. The van der Waals surface area contributed by atoms with Crippen molar-refractivity contribution in [2.24, 2.45) is 0 Å². The summed E-state index contributed by atoms with van der Waals surface area (Å²) in [6.07, 6.45) is 7.57. The summed E-state index contributed by atoms with van der Waals surface area (Å²) >= 11 is 0. The van der Waals surface area contributed by atoms with E-state index in [9.17, 15) is 4.79 Å². The molecule has 0 fully saturated rings. The van der Waals surface area contributed by atoms with Gasteiger partial charge in [0.05, 0.1) is 17.4 Å². The van der Waals surface area contributed by atoms with Crippen molar-refractivity contribution in [1.29, 1.82) is 0 Å². The number of imidazole rings is 1. The fraction of sp³-hybridized carbons (Fsp3) is 0.143. The Labute approximate surface area is 115 Å². The van der Waals surface area contributed by atoms with Crippen LogP contribution in [0.3, 0.4) is 0 Å². The summed E-state index contributed by atoms with van der Waals surface area (Å²) in [5.41, 5.74) is 3.49. The van der Waals surface area contributed by atoms with Crippen LogP contribution in [0, 0.1) is 0 Å². The summed E-state index contributed by atoms with van der Waals surface area (Å²) in [4.78, 5) is 26.9. The first-order valence-electron chi connectivity index (χ1n) is 6.28. The Kier molecular flexibility index (Phi) is 3.36. The number of fused-ring (bicyclic) bond motifs is 1. The highest BCUT2D eigenvalue weighted by Crippen LogP contribution is 2.15. The third-order valence-corrected chi connectivity index (χ3v) is 2.96. The van der Waals surface area contributed by atoms with Gasteiger partial charge in [0, 0.05) is 24.5 Å². The summed E-state index contributed by atoms with van der Waals surface area (Å²) in [7, 11) is 0. The number of anilines is 1. The molecule has 0 spiro atoms. The number of benzene rings is 1. The largest absolute Gasteiger partial charge is 0.345 e. The van der Waals surface area contributed by atoms with E-state index < -0.39 is 0 Å². The van der Waals surface area contributed by atoms with Crippen molar-refractivity contribution in [3.05, 3.63) is 48.8 Å². The van der Waals surface area contributed by atoms with Gasteiger partial charge in [0.25, 0.3) is 0 Å². The number of carbonyl (C=O) groups excluding carboxylic acids is 1. The second kappa shape index (κ2) is 5.48. The standard InChI is InChI=1S/C14H13N5O/c20-14(4-1-10-6-15-8-16-7-10)19-11-2-3-12-13(5-11)18-9-17-12/h2-3,5-9H,1,4H2,(H,17,18)(H,19,20). The second-order valence-electron chi connectivity index (χ2n) is 4.43. The zero-order valence-corrected chi connectivity index (χ0v) is 10.7. The van der Waals surface area contributed by atoms with Gasteiger partial charge in [-0.25, -0.2) is 15.0 Å². The fourth-order valence-corrected chi connectivity index (χ4v) is 1.95. The molecule has 1 aromatic carbocycles. The Morgan fingerprint density at radius 2 is 2.10 bits per heavy atom. The second-order valence-corrected chi connectivity index (χ2v) is 4.43. The molecule has 1 amide bonds. The molecule has 2 aromatic heterocycles. The summed E-state index contributed by atoms with van der Waals surface area (Å²) in [6, 6.07) is 5.57. The lowest BCUT2D eigenvalue weighted by molar-refractivity contribution is -0.116. The smallest absolute Gasteiger partial charge is 0.224 e. The van der Waals surface area contributed by atoms with Crippen molar-refractivity contribution >= 4 is 22.6 Å². The van der Waals surface area contributed by atoms with Gasteiger partial charge >= 0.3 is 0 Å². The van der Waals surface area contributed by atoms with Gasteiger partial charge in [-0.15, -0.1) is 0 Å². The maximum Gasteiger partial charge on any atom is 0.224 e. The molecule has 2 N–H and O–H groups in total. The van der Waals surface area contributed by atoms with Crippen LogP contribution in [0.15, 0.2) is 43.2 Å². The predicted octanol–water partition coefficient (Wildman–Crippen LogP) is 1.92. The van der Waals surface area contributed by atoms with Crippen molar-refractivity contribution in [2.45, 2.75) is 12.8 Å². The van der Waals surface area contributed by atoms with Gasteiger partial charge in [-0.2, -0.15) is 0 Å². The molecule has 0 saturated heterocycles. The van der Waals surface area contributed by atoms with Gasteiger partial charge in [0.2, 0.25) is 5.91 Å². The highest BCUT2D eigenvalue weighted by Gasteiger charge is 2.05. The van der Waals surface area contributed by atoms with Crippen LogP contribution < -0.4 is 5.32 Å². The van der Waals surface area contributed by atoms with Gasteiger partial charge < -0.3 is 10.3 Å². The number of nitrogens with one attached hydrogen (secondary N) is 2. The van der Waals surface area contributed by atoms with Gasteiger partial charge in [0.15, 0.2) is 0 Å². The summed E-state index contributed by atoms with van der Waals surface area (Å²) < 4.78 is 0. The number of nitrogens with zero attached hydrogens (tertiary/aromatic N) is 3. The average molecular weight is 267 g/mol. The number of carbonyl (C=O) groups is 1. The molecule has 0 aliphatic rings. The first-order chi connectivity index (χ1) is 9.81. The zero-order chi connectivity index (χ0) is 13.8. The number of hydrogen-bond acceptors (Lipinski definition) is 4. The van der Waals surface area contributed by atoms with Gasteiger partial charge in [-0.1, -0.05) is 0 Å². The first kappa shape index (κ1) is 12.3. The van der Waals surface area contributed by atoms with E-state index in [1.807, 2.05) is 18.2 Å². The van der Waals surface area contributed by atoms with E-state index in [-0.39, 0.29) is 5.91 Å². The van der Waals surface area contributed by atoms with Crippen molar-refractivity contribution in [1.82, 2.24) is 19.9 Å². The highest BCUT2D eigenvalue weighted by atomic mass is 16.1. The molecule has 20 heavy (non-hydrogen) atoms. The Morgan fingerprint density at radius 3 is 2.95 bits per heavy atom. The maximum atomic E-state index is 11.9. The number of hydrogen-bond donors (Lipinski definition) is 2. The minimum absolute atomic E-state index is 0.0345. The molecule has 6 nitrogen and oxygen atoms in total. The Balaban J connectivity index is 1.61. The van der Waals surface area contributed by atoms with Crippen LogP contribution in [0.1, 0.15) is 12.0 Å². The average Bonchev–Trinajstić information content (AvgIpc) is 2.94. The molecule has 0 saturated carbocycles. The molecule has 0 radical (unpaired) electrons. The van der Waals surface area contributed by atoms with Crippen LogP contribution in [0.5, 0.6) is 0 Å². The number of rotatable bonds is 4. The minimum atomic E-state index is -0.0345. The lowest BCUT2D eigenvalue weighted by atomic mass is 10.2. The van der Waals surface area contributed by atoms with Crippen LogP contribution in [0.4, 0.5) is 5.69 Å². The molecule has 2 heterocycles. The highest BCUT2D eigenvalue weighted by molar-refractivity contribution is 5.93. The maximum absolute atomic E-state index is 11.9. The summed E-state index contributed by atoms with van der Waals surface area (Å²) in [5, 5.41) is 2.87. The van der Waals surface area contributed by atoms with Gasteiger partial charge in [0.1, 0.15) is 6.33 Å². The monoisotopic (exact) mass is 267 g/mol. The van der Waals surface area contributed by atoms with E-state index in [2.05, 4.69) is 25.3 Å². The molecule has 100 valence electrons. The van der Waals surface area contributed by atoms with Gasteiger partial charge in [-0.05, 0) is 30.2 Å².